The number of alkyl halides is 1. The molecular formula is C15H18FN5. The molecule has 0 bridgehead atoms. The fourth-order valence-electron chi connectivity index (χ4n) is 2.71. The molecule has 0 aliphatic heterocycles. The van der Waals surface area contributed by atoms with Gasteiger partial charge in [0.1, 0.15) is 0 Å². The number of fused-ring (bicyclic) bond motifs is 1. The summed E-state index contributed by atoms with van der Waals surface area (Å²) in [6.45, 7) is 1.38. The van der Waals surface area contributed by atoms with Crippen molar-refractivity contribution in [2.75, 3.05) is 11.1 Å². The van der Waals surface area contributed by atoms with Crippen LogP contribution in [0.2, 0.25) is 0 Å². The summed E-state index contributed by atoms with van der Waals surface area (Å²) in [6, 6.07) is 8.44. The van der Waals surface area contributed by atoms with Gasteiger partial charge in [-0.1, -0.05) is 24.3 Å². The molecule has 0 saturated carbocycles. The van der Waals surface area contributed by atoms with Gasteiger partial charge in [0.05, 0.1) is 6.04 Å². The Hall–Kier alpha value is -2.24. The highest BCUT2D eigenvalue weighted by Crippen LogP contribution is 2.31. The van der Waals surface area contributed by atoms with Crippen LogP contribution in [-0.4, -0.2) is 15.0 Å². The second kappa shape index (κ2) is 5.63. The third-order valence-corrected chi connectivity index (χ3v) is 3.70. The van der Waals surface area contributed by atoms with Crippen molar-refractivity contribution in [3.63, 3.8) is 0 Å². The van der Waals surface area contributed by atoms with Crippen molar-refractivity contribution >= 4 is 11.9 Å². The Kier molecular flexibility index (Phi) is 3.68. The number of hydrogen-bond donors (Lipinski definition) is 2. The molecule has 1 aromatic carbocycles. The van der Waals surface area contributed by atoms with Crippen LogP contribution in [-0.2, 0) is 6.42 Å². The molecule has 2 atom stereocenters. The number of nitrogens with zero attached hydrogens (tertiary/aromatic N) is 3. The molecule has 1 heterocycles. The zero-order valence-corrected chi connectivity index (χ0v) is 11.9. The molecule has 1 aromatic heterocycles. The maximum Gasteiger partial charge on any atom is 0.228 e. The molecule has 0 radical (unpaired) electrons. The van der Waals surface area contributed by atoms with E-state index in [1.54, 1.807) is 0 Å². The largest absolute Gasteiger partial charge is 0.368 e. The quantitative estimate of drug-likeness (QED) is 0.907. The average molecular weight is 287 g/mol. The molecule has 5 nitrogen and oxygen atoms in total. The monoisotopic (exact) mass is 287 g/mol. The topological polar surface area (TPSA) is 76.7 Å². The fourth-order valence-corrected chi connectivity index (χ4v) is 2.71. The Morgan fingerprint density at radius 3 is 2.90 bits per heavy atom. The van der Waals surface area contributed by atoms with Crippen molar-refractivity contribution in [1.82, 2.24) is 15.0 Å². The summed E-state index contributed by atoms with van der Waals surface area (Å²) in [6.07, 6.45) is 1.90. The summed E-state index contributed by atoms with van der Waals surface area (Å²) in [5.41, 5.74) is 8.21. The first-order valence-electron chi connectivity index (χ1n) is 7.13. The third-order valence-electron chi connectivity index (χ3n) is 3.70. The minimum atomic E-state index is -1.27. The predicted octanol–water partition coefficient (Wildman–Crippen LogP) is 2.97. The Morgan fingerprint density at radius 1 is 1.29 bits per heavy atom. The van der Waals surface area contributed by atoms with Gasteiger partial charge in [-0.25, -0.2) is 4.39 Å². The van der Waals surface area contributed by atoms with E-state index in [1.807, 2.05) is 12.1 Å². The van der Waals surface area contributed by atoms with E-state index in [0.717, 1.165) is 19.3 Å². The number of aryl methyl sites for hydroxylation is 1. The summed E-state index contributed by atoms with van der Waals surface area (Å²) >= 11 is 0. The van der Waals surface area contributed by atoms with Gasteiger partial charge in [-0.3, -0.25) is 0 Å². The molecule has 0 fully saturated rings. The standard InChI is InChI=1S/C15H18FN5/c1-9(16)13-19-14(17)21-15(20-13)18-12-8-4-6-10-5-2-3-7-11(10)12/h2-3,5,7,9,12H,4,6,8H2,1H3,(H3,17,18,19,20,21). The van der Waals surface area contributed by atoms with Gasteiger partial charge in [0, 0.05) is 0 Å². The minimum Gasteiger partial charge on any atom is -0.368 e. The van der Waals surface area contributed by atoms with Gasteiger partial charge in [-0.05, 0) is 37.3 Å². The van der Waals surface area contributed by atoms with E-state index in [0.29, 0.717) is 5.95 Å². The zero-order chi connectivity index (χ0) is 14.8. The van der Waals surface area contributed by atoms with Crippen molar-refractivity contribution in [3.8, 4) is 0 Å². The number of anilines is 2. The van der Waals surface area contributed by atoms with Gasteiger partial charge in [-0.2, -0.15) is 15.0 Å². The number of halogens is 1. The van der Waals surface area contributed by atoms with E-state index in [1.165, 1.54) is 18.1 Å². The number of nitrogens with one attached hydrogen (secondary N) is 1. The van der Waals surface area contributed by atoms with Crippen LogP contribution >= 0.6 is 0 Å². The number of benzene rings is 1. The highest BCUT2D eigenvalue weighted by atomic mass is 19.1. The maximum absolute atomic E-state index is 13.4. The second-order valence-electron chi connectivity index (χ2n) is 5.28. The van der Waals surface area contributed by atoms with Crippen molar-refractivity contribution in [2.24, 2.45) is 0 Å². The van der Waals surface area contributed by atoms with E-state index in [2.05, 4.69) is 32.4 Å². The second-order valence-corrected chi connectivity index (χ2v) is 5.28. The van der Waals surface area contributed by atoms with Gasteiger partial charge < -0.3 is 11.1 Å². The van der Waals surface area contributed by atoms with Gasteiger partial charge in [0.2, 0.25) is 11.9 Å². The lowest BCUT2D eigenvalue weighted by Gasteiger charge is -2.26. The van der Waals surface area contributed by atoms with Crippen molar-refractivity contribution < 1.29 is 4.39 Å². The number of aromatic nitrogens is 3. The molecular weight excluding hydrogens is 269 g/mol. The normalized spacial score (nSPS) is 18.9. The molecule has 1 aliphatic carbocycles. The van der Waals surface area contributed by atoms with E-state index < -0.39 is 6.17 Å². The van der Waals surface area contributed by atoms with Crippen LogP contribution in [0.5, 0.6) is 0 Å². The van der Waals surface area contributed by atoms with Crippen molar-refractivity contribution in [1.29, 1.82) is 0 Å². The summed E-state index contributed by atoms with van der Waals surface area (Å²) in [5, 5.41) is 3.26. The van der Waals surface area contributed by atoms with Crippen LogP contribution in [0.15, 0.2) is 24.3 Å². The zero-order valence-electron chi connectivity index (χ0n) is 11.9. The minimum absolute atomic E-state index is 0.0381. The lowest BCUT2D eigenvalue weighted by atomic mass is 9.88. The molecule has 21 heavy (non-hydrogen) atoms. The highest BCUT2D eigenvalue weighted by Gasteiger charge is 2.21. The molecule has 2 aromatic rings. The predicted molar refractivity (Wildman–Crippen MR) is 79.5 cm³/mol. The summed E-state index contributed by atoms with van der Waals surface area (Å²) in [4.78, 5) is 12.0. The van der Waals surface area contributed by atoms with Crippen LogP contribution in [0.3, 0.4) is 0 Å². The molecule has 0 amide bonds. The number of rotatable bonds is 3. The fraction of sp³-hybridized carbons (Fsp3) is 0.400. The van der Waals surface area contributed by atoms with Gasteiger partial charge in [0.25, 0.3) is 0 Å². The van der Waals surface area contributed by atoms with Gasteiger partial charge >= 0.3 is 0 Å². The van der Waals surface area contributed by atoms with E-state index >= 15 is 0 Å². The number of hydrogen-bond acceptors (Lipinski definition) is 5. The molecule has 3 rings (SSSR count). The van der Waals surface area contributed by atoms with Crippen LogP contribution in [0.25, 0.3) is 0 Å². The first-order valence-corrected chi connectivity index (χ1v) is 7.13. The number of nitrogen functional groups attached to an aromatic ring is 1. The number of nitrogens with two attached hydrogens (primary N) is 1. The Labute approximate surface area is 122 Å². The third kappa shape index (κ3) is 2.94. The van der Waals surface area contributed by atoms with Crippen LogP contribution in [0, 0.1) is 0 Å². The molecule has 0 saturated heterocycles. The first kappa shape index (κ1) is 13.7. The Bertz CT molecular complexity index is 644. The summed E-state index contributed by atoms with van der Waals surface area (Å²) < 4.78 is 13.4. The molecule has 1 aliphatic rings. The van der Waals surface area contributed by atoms with E-state index in [9.17, 15) is 4.39 Å². The van der Waals surface area contributed by atoms with Gasteiger partial charge in [0.15, 0.2) is 12.0 Å². The molecule has 110 valence electrons. The van der Waals surface area contributed by atoms with Gasteiger partial charge in [-0.15, -0.1) is 0 Å². The van der Waals surface area contributed by atoms with Crippen LogP contribution in [0.1, 0.15) is 48.9 Å². The lowest BCUT2D eigenvalue weighted by Crippen LogP contribution is -2.19. The Balaban J connectivity index is 1.88. The molecule has 2 unspecified atom stereocenters. The molecule has 0 spiro atoms. The first-order chi connectivity index (χ1) is 10.1. The van der Waals surface area contributed by atoms with Crippen LogP contribution in [0.4, 0.5) is 16.3 Å². The maximum atomic E-state index is 13.4. The SMILES string of the molecule is CC(F)c1nc(N)nc(NC2CCCc3ccccc32)n1. The summed E-state index contributed by atoms with van der Waals surface area (Å²) in [7, 11) is 0. The average Bonchev–Trinajstić information content (AvgIpc) is 2.47. The van der Waals surface area contributed by atoms with Crippen LogP contribution < -0.4 is 11.1 Å². The van der Waals surface area contributed by atoms with Crippen molar-refractivity contribution in [3.05, 3.63) is 41.2 Å². The summed E-state index contributed by atoms with van der Waals surface area (Å²) in [5.74, 6) is 0.439. The van der Waals surface area contributed by atoms with Crippen molar-refractivity contribution in [2.45, 2.75) is 38.4 Å². The smallest absolute Gasteiger partial charge is 0.228 e. The molecule has 6 heteroatoms. The lowest BCUT2D eigenvalue weighted by molar-refractivity contribution is 0.356. The molecule has 3 N–H and O–H groups in total. The Morgan fingerprint density at radius 2 is 2.10 bits per heavy atom. The van der Waals surface area contributed by atoms with E-state index in [-0.39, 0.29) is 17.8 Å². The van der Waals surface area contributed by atoms with E-state index in [4.69, 9.17) is 5.73 Å². The highest BCUT2D eigenvalue weighted by molar-refractivity contribution is 5.40.